The second kappa shape index (κ2) is 10.2. The Labute approximate surface area is 155 Å². The number of methoxy groups -OCH3 is 1. The molecule has 1 fully saturated rings. The minimum atomic E-state index is -2.10. The third-order valence-electron chi connectivity index (χ3n) is 3.94. The quantitative estimate of drug-likeness (QED) is 0.124. The van der Waals surface area contributed by atoms with Gasteiger partial charge >= 0.3 is 5.97 Å². The van der Waals surface area contributed by atoms with Crippen molar-refractivity contribution in [3.05, 3.63) is 23.1 Å². The second-order valence-electron chi connectivity index (χ2n) is 5.90. The highest BCUT2D eigenvalue weighted by Gasteiger charge is 2.56. The van der Waals surface area contributed by atoms with Crippen LogP contribution < -0.4 is 5.32 Å². The van der Waals surface area contributed by atoms with Gasteiger partial charge in [-0.15, -0.1) is 6.58 Å². The molecular weight excluding hydrogens is 364 g/mol. The fourth-order valence-electron chi connectivity index (χ4n) is 2.74. The minimum absolute atomic E-state index is 0.142. The third-order valence-corrected chi connectivity index (χ3v) is 3.94. The van der Waals surface area contributed by atoms with Crippen molar-refractivity contribution in [1.29, 1.82) is 0 Å². The summed E-state index contributed by atoms with van der Waals surface area (Å²) in [7, 11) is 1.08. The molecule has 1 aliphatic rings. The summed E-state index contributed by atoms with van der Waals surface area (Å²) in [6.07, 6.45) is -5.28. The molecule has 0 spiro atoms. The summed E-state index contributed by atoms with van der Waals surface area (Å²) < 4.78 is 15.7. The van der Waals surface area contributed by atoms with Crippen LogP contribution in [0, 0.1) is 0 Å². The maximum atomic E-state index is 12.3. The van der Waals surface area contributed by atoms with Crippen LogP contribution in [0.4, 0.5) is 0 Å². The maximum Gasteiger partial charge on any atom is 0.366 e. The fourth-order valence-corrected chi connectivity index (χ4v) is 2.74. The van der Waals surface area contributed by atoms with Crippen LogP contribution in [-0.2, 0) is 23.8 Å². The van der Waals surface area contributed by atoms with Gasteiger partial charge in [0.25, 0.3) is 5.79 Å². The first kappa shape index (κ1) is 22.8. The molecule has 0 aromatic carbocycles. The summed E-state index contributed by atoms with van der Waals surface area (Å²) in [6.45, 7) is 4.00. The Balaban J connectivity index is 3.25. The highest BCUT2D eigenvalue weighted by molar-refractivity contribution is 5.78. The highest BCUT2D eigenvalue weighted by atomic mass is 16.7. The van der Waals surface area contributed by atoms with E-state index in [-0.39, 0.29) is 6.61 Å². The van der Waals surface area contributed by atoms with E-state index in [9.17, 15) is 24.9 Å². The molecule has 0 radical (unpaired) electrons. The zero-order valence-corrected chi connectivity index (χ0v) is 15.0. The van der Waals surface area contributed by atoms with Gasteiger partial charge in [0.2, 0.25) is 5.91 Å². The van der Waals surface area contributed by atoms with Crippen molar-refractivity contribution < 1.29 is 39.1 Å². The van der Waals surface area contributed by atoms with Crippen LogP contribution in [0.2, 0.25) is 0 Å². The number of carbonyl (C=O) groups excluding carboxylic acids is 2. The molecule has 12 heteroatoms. The fraction of sp³-hybridized carbons (Fsp3) is 0.733. The molecule has 1 aliphatic heterocycles. The molecule has 1 heterocycles. The lowest BCUT2D eigenvalue weighted by atomic mass is 9.88. The van der Waals surface area contributed by atoms with Gasteiger partial charge in [0.15, 0.2) is 0 Å². The zero-order valence-electron chi connectivity index (χ0n) is 15.0. The number of amides is 1. The molecule has 152 valence electrons. The molecule has 27 heavy (non-hydrogen) atoms. The summed E-state index contributed by atoms with van der Waals surface area (Å²) in [6, 6.07) is -1.18. The van der Waals surface area contributed by atoms with Crippen LogP contribution in [0.5, 0.6) is 0 Å². The number of carbonyl (C=O) groups is 2. The zero-order chi connectivity index (χ0) is 20.6. The van der Waals surface area contributed by atoms with E-state index in [4.69, 9.17) is 15.0 Å². The van der Waals surface area contributed by atoms with Crippen molar-refractivity contribution in [1.82, 2.24) is 5.32 Å². The van der Waals surface area contributed by atoms with Crippen LogP contribution >= 0.6 is 0 Å². The lowest BCUT2D eigenvalue weighted by Crippen LogP contribution is -2.68. The number of esters is 1. The topological polar surface area (TPSA) is 183 Å². The molecular formula is C15H24N4O8. The normalized spacial score (nSPS) is 29.7. The van der Waals surface area contributed by atoms with E-state index in [1.54, 1.807) is 0 Å². The van der Waals surface area contributed by atoms with Crippen molar-refractivity contribution in [3.63, 3.8) is 0 Å². The molecule has 1 amide bonds. The summed E-state index contributed by atoms with van der Waals surface area (Å²) in [5.74, 6) is -3.62. The van der Waals surface area contributed by atoms with Gasteiger partial charge in [0.1, 0.15) is 12.2 Å². The number of azide groups is 1. The van der Waals surface area contributed by atoms with Gasteiger partial charge in [-0.25, -0.2) is 4.79 Å². The number of nitrogens with one attached hydrogen (secondary N) is 1. The maximum absolute atomic E-state index is 12.3. The first-order valence-electron chi connectivity index (χ1n) is 8.05. The number of hydrogen-bond acceptors (Lipinski definition) is 9. The van der Waals surface area contributed by atoms with Gasteiger partial charge in [-0.2, -0.15) is 0 Å². The summed E-state index contributed by atoms with van der Waals surface area (Å²) in [5, 5.41) is 36.5. The Hall–Kier alpha value is -2.21. The van der Waals surface area contributed by atoms with Crippen LogP contribution in [0.1, 0.15) is 13.3 Å². The van der Waals surface area contributed by atoms with E-state index >= 15 is 0 Å². The molecule has 0 aromatic rings. The van der Waals surface area contributed by atoms with Gasteiger partial charge < -0.3 is 34.8 Å². The molecule has 0 bridgehead atoms. The Kier molecular flexibility index (Phi) is 8.63. The Morgan fingerprint density at radius 3 is 2.74 bits per heavy atom. The van der Waals surface area contributed by atoms with Crippen molar-refractivity contribution in [3.8, 4) is 0 Å². The highest BCUT2D eigenvalue weighted by Crippen LogP contribution is 2.34. The van der Waals surface area contributed by atoms with Gasteiger partial charge in [0, 0.05) is 18.3 Å². The molecule has 0 aliphatic carbocycles. The molecule has 4 N–H and O–H groups in total. The monoisotopic (exact) mass is 388 g/mol. The van der Waals surface area contributed by atoms with Gasteiger partial charge in [0.05, 0.1) is 38.5 Å². The molecule has 1 saturated heterocycles. The molecule has 2 unspecified atom stereocenters. The molecule has 0 aromatic heterocycles. The molecule has 12 nitrogen and oxygen atoms in total. The summed E-state index contributed by atoms with van der Waals surface area (Å²) in [5.41, 5.74) is 8.35. The van der Waals surface area contributed by atoms with E-state index in [2.05, 4.69) is 26.7 Å². The minimum Gasteiger partial charge on any atom is -0.465 e. The van der Waals surface area contributed by atoms with Crippen molar-refractivity contribution in [2.24, 2.45) is 5.11 Å². The van der Waals surface area contributed by atoms with E-state index in [0.717, 1.165) is 7.11 Å². The predicted octanol–water partition coefficient (Wildman–Crippen LogP) is -1.26. The Morgan fingerprint density at radius 1 is 1.56 bits per heavy atom. The summed E-state index contributed by atoms with van der Waals surface area (Å²) >= 11 is 0. The number of nitrogens with zero attached hydrogens (tertiary/aromatic N) is 3. The van der Waals surface area contributed by atoms with Gasteiger partial charge in [-0.3, -0.25) is 4.79 Å². The van der Waals surface area contributed by atoms with Crippen molar-refractivity contribution in [2.45, 2.75) is 49.6 Å². The number of aliphatic hydroxyl groups is 3. The van der Waals surface area contributed by atoms with Crippen LogP contribution in [0.3, 0.4) is 0 Å². The molecule has 0 saturated carbocycles. The summed E-state index contributed by atoms with van der Waals surface area (Å²) in [4.78, 5) is 26.2. The Morgan fingerprint density at radius 2 is 2.22 bits per heavy atom. The standard InChI is InChI=1S/C15H24N4O8/c1-4-5-26-15(14(24)25-3)6-9(21)11(18-8(2)20)13(27-15)12(23)10(22)7-17-19-16/h4,9-13,21-23H,1,5-7H2,2-3H3,(H,18,20)/t9-,10-,11?,12-,13?,15-/m1/s1. The first-order valence-corrected chi connectivity index (χ1v) is 8.05. The molecule has 6 atom stereocenters. The average molecular weight is 388 g/mol. The number of aliphatic hydroxyl groups excluding tert-OH is 3. The van der Waals surface area contributed by atoms with E-state index in [0.29, 0.717) is 0 Å². The largest absolute Gasteiger partial charge is 0.465 e. The van der Waals surface area contributed by atoms with E-state index < -0.39 is 61.1 Å². The lowest BCUT2D eigenvalue weighted by molar-refractivity contribution is -0.308. The average Bonchev–Trinajstić information content (AvgIpc) is 2.64. The van der Waals surface area contributed by atoms with E-state index in [1.165, 1.54) is 13.0 Å². The van der Waals surface area contributed by atoms with Crippen molar-refractivity contribution >= 4 is 11.9 Å². The van der Waals surface area contributed by atoms with Crippen LogP contribution in [-0.4, -0.2) is 83.7 Å². The van der Waals surface area contributed by atoms with Crippen LogP contribution in [0.25, 0.3) is 10.4 Å². The SMILES string of the molecule is C=CCO[C@]1(C(=O)OC)C[C@@H](O)C(NC(C)=O)C([C@H](O)[C@H](O)CN=[N+]=[N-])O1. The number of rotatable bonds is 9. The second-order valence-corrected chi connectivity index (χ2v) is 5.90. The predicted molar refractivity (Wildman–Crippen MR) is 90.0 cm³/mol. The van der Waals surface area contributed by atoms with Crippen LogP contribution in [0.15, 0.2) is 17.8 Å². The first-order chi connectivity index (χ1) is 12.7. The molecule has 1 rings (SSSR count). The number of hydrogen-bond donors (Lipinski definition) is 4. The smallest absolute Gasteiger partial charge is 0.366 e. The lowest BCUT2D eigenvalue weighted by Gasteiger charge is -2.46. The Bertz CT molecular complexity index is 596. The number of ether oxygens (including phenoxy) is 3. The third kappa shape index (κ3) is 5.63. The van der Waals surface area contributed by atoms with E-state index in [1.807, 2.05) is 0 Å². The van der Waals surface area contributed by atoms with Crippen molar-refractivity contribution in [2.75, 3.05) is 20.3 Å². The van der Waals surface area contributed by atoms with Gasteiger partial charge in [-0.05, 0) is 5.53 Å². The van der Waals surface area contributed by atoms with Gasteiger partial charge in [-0.1, -0.05) is 11.2 Å².